The van der Waals surface area contributed by atoms with E-state index in [0.717, 1.165) is 5.69 Å². The molecule has 1 aromatic heterocycles. The van der Waals surface area contributed by atoms with Crippen LogP contribution in [0.1, 0.15) is 32.7 Å². The molecule has 22 heavy (non-hydrogen) atoms. The van der Waals surface area contributed by atoms with Gasteiger partial charge in [-0.2, -0.15) is 17.8 Å². The zero-order valence-corrected chi connectivity index (χ0v) is 14.0. The third kappa shape index (κ3) is 3.65. The minimum absolute atomic E-state index is 0.186. The second-order valence-electron chi connectivity index (χ2n) is 5.90. The molecule has 1 aliphatic heterocycles. The molecular weight excluding hydrogens is 306 g/mol. The summed E-state index contributed by atoms with van der Waals surface area (Å²) in [5.74, 6) is 0. The number of nitrogens with two attached hydrogens (primary N) is 1. The van der Waals surface area contributed by atoms with Crippen LogP contribution >= 0.6 is 0 Å². The van der Waals surface area contributed by atoms with Gasteiger partial charge in [-0.15, -0.1) is 0 Å². The van der Waals surface area contributed by atoms with E-state index in [1.165, 1.54) is 15.1 Å². The molecule has 1 aliphatic rings. The van der Waals surface area contributed by atoms with E-state index in [2.05, 4.69) is 5.10 Å². The molecule has 1 fully saturated rings. The smallest absolute Gasteiger partial charge is 0.276 e. The Labute approximate surface area is 130 Å². The maximum absolute atomic E-state index is 12.3. The Hall–Kier alpha value is -1.45. The van der Waals surface area contributed by atoms with E-state index in [0.29, 0.717) is 19.4 Å². The van der Waals surface area contributed by atoms with Crippen LogP contribution in [-0.4, -0.2) is 48.7 Å². The summed E-state index contributed by atoms with van der Waals surface area (Å²) in [4.78, 5) is 14.3. The monoisotopic (exact) mass is 329 g/mol. The summed E-state index contributed by atoms with van der Waals surface area (Å²) in [6.45, 7) is 4.62. The summed E-state index contributed by atoms with van der Waals surface area (Å²) >= 11 is 0. The van der Waals surface area contributed by atoms with Crippen molar-refractivity contribution in [1.82, 2.24) is 14.1 Å². The third-order valence-electron chi connectivity index (χ3n) is 4.06. The number of aromatic nitrogens is 2. The van der Waals surface area contributed by atoms with Crippen molar-refractivity contribution in [3.05, 3.63) is 22.6 Å². The lowest BCUT2D eigenvalue weighted by Gasteiger charge is -2.31. The van der Waals surface area contributed by atoms with Gasteiger partial charge in [-0.25, -0.2) is 9.82 Å². The maximum atomic E-state index is 12.3. The summed E-state index contributed by atoms with van der Waals surface area (Å²) in [5.41, 5.74) is 0.515. The number of anilines is 1. The summed E-state index contributed by atoms with van der Waals surface area (Å²) in [6, 6.07) is 1.51. The minimum atomic E-state index is -3.73. The fourth-order valence-electron chi connectivity index (χ4n) is 2.53. The topological polar surface area (TPSA) is 102 Å². The fraction of sp³-hybridized carbons (Fsp3) is 0.692. The van der Waals surface area contributed by atoms with Crippen LogP contribution in [0.25, 0.3) is 0 Å². The first-order valence-corrected chi connectivity index (χ1v) is 8.80. The van der Waals surface area contributed by atoms with Gasteiger partial charge >= 0.3 is 0 Å². The Balaban J connectivity index is 2.24. The van der Waals surface area contributed by atoms with Crippen LogP contribution in [0.3, 0.4) is 0 Å². The first-order chi connectivity index (χ1) is 10.2. The SMILES string of the molecule is CC(C)N(C)c1cnn(C2CCCN(S(N)(=O)=O)C2)c(=O)c1. The summed E-state index contributed by atoms with van der Waals surface area (Å²) in [5, 5.41) is 9.39. The number of piperidine rings is 1. The Morgan fingerprint density at radius 2 is 2.14 bits per heavy atom. The Kier molecular flexibility index (Phi) is 4.88. The van der Waals surface area contributed by atoms with E-state index in [9.17, 15) is 13.2 Å². The van der Waals surface area contributed by atoms with Crippen LogP contribution in [0.5, 0.6) is 0 Å². The van der Waals surface area contributed by atoms with Crippen molar-refractivity contribution >= 4 is 15.9 Å². The molecule has 0 radical (unpaired) electrons. The minimum Gasteiger partial charge on any atom is -0.371 e. The highest BCUT2D eigenvalue weighted by Gasteiger charge is 2.28. The van der Waals surface area contributed by atoms with Crippen LogP contribution in [0.15, 0.2) is 17.1 Å². The molecule has 124 valence electrons. The van der Waals surface area contributed by atoms with Gasteiger partial charge in [0.15, 0.2) is 0 Å². The summed E-state index contributed by atoms with van der Waals surface area (Å²) in [7, 11) is -1.83. The number of hydrogen-bond donors (Lipinski definition) is 1. The molecule has 0 bridgehead atoms. The van der Waals surface area contributed by atoms with Crippen molar-refractivity contribution in [2.45, 2.75) is 38.8 Å². The van der Waals surface area contributed by atoms with Crippen molar-refractivity contribution in [3.8, 4) is 0 Å². The van der Waals surface area contributed by atoms with E-state index < -0.39 is 10.2 Å². The lowest BCUT2D eigenvalue weighted by Crippen LogP contribution is -2.46. The van der Waals surface area contributed by atoms with Crippen LogP contribution in [0.4, 0.5) is 5.69 Å². The predicted octanol–water partition coefficient (Wildman–Crippen LogP) is -0.0717. The number of rotatable bonds is 4. The van der Waals surface area contributed by atoms with E-state index in [1.807, 2.05) is 25.8 Å². The van der Waals surface area contributed by atoms with Crippen LogP contribution < -0.4 is 15.6 Å². The molecule has 9 heteroatoms. The molecule has 1 unspecified atom stereocenters. The predicted molar refractivity (Wildman–Crippen MR) is 85.0 cm³/mol. The largest absolute Gasteiger partial charge is 0.371 e. The van der Waals surface area contributed by atoms with Crippen LogP contribution in [0, 0.1) is 0 Å². The molecule has 8 nitrogen and oxygen atoms in total. The Bertz CT molecular complexity index is 685. The zero-order valence-electron chi connectivity index (χ0n) is 13.1. The van der Waals surface area contributed by atoms with Crippen molar-refractivity contribution in [2.24, 2.45) is 5.14 Å². The van der Waals surface area contributed by atoms with Gasteiger partial charge in [0.1, 0.15) is 0 Å². The van der Waals surface area contributed by atoms with Gasteiger partial charge in [0.05, 0.1) is 17.9 Å². The van der Waals surface area contributed by atoms with Crippen molar-refractivity contribution in [1.29, 1.82) is 0 Å². The third-order valence-corrected chi connectivity index (χ3v) is 5.11. The van der Waals surface area contributed by atoms with Crippen molar-refractivity contribution in [2.75, 3.05) is 25.0 Å². The number of hydrogen-bond acceptors (Lipinski definition) is 5. The van der Waals surface area contributed by atoms with Gasteiger partial charge in [0, 0.05) is 32.2 Å². The summed E-state index contributed by atoms with van der Waals surface area (Å²) in [6.07, 6.45) is 3.00. The van der Waals surface area contributed by atoms with Gasteiger partial charge in [-0.05, 0) is 26.7 Å². The highest BCUT2D eigenvalue weighted by atomic mass is 32.2. The molecule has 1 saturated heterocycles. The van der Waals surface area contributed by atoms with Gasteiger partial charge in [0.25, 0.3) is 15.8 Å². The molecule has 1 atom stereocenters. The van der Waals surface area contributed by atoms with Gasteiger partial charge in [-0.3, -0.25) is 4.79 Å². The second kappa shape index (κ2) is 6.35. The molecular formula is C13H23N5O3S. The average Bonchev–Trinajstić information content (AvgIpc) is 2.45. The molecule has 0 aromatic carbocycles. The van der Waals surface area contributed by atoms with Crippen molar-refractivity contribution < 1.29 is 8.42 Å². The molecule has 2 rings (SSSR count). The average molecular weight is 329 g/mol. The molecule has 0 amide bonds. The van der Waals surface area contributed by atoms with E-state index in [4.69, 9.17) is 5.14 Å². The van der Waals surface area contributed by atoms with E-state index >= 15 is 0 Å². The Morgan fingerprint density at radius 1 is 1.45 bits per heavy atom. The van der Waals surface area contributed by atoms with E-state index in [1.54, 1.807) is 6.20 Å². The highest BCUT2D eigenvalue weighted by Crippen LogP contribution is 2.21. The van der Waals surface area contributed by atoms with Gasteiger partial charge in [0.2, 0.25) is 0 Å². The molecule has 2 heterocycles. The van der Waals surface area contributed by atoms with Crippen LogP contribution in [-0.2, 0) is 10.2 Å². The first-order valence-electron chi connectivity index (χ1n) is 7.29. The highest BCUT2D eigenvalue weighted by molar-refractivity contribution is 7.86. The van der Waals surface area contributed by atoms with Gasteiger partial charge in [-0.1, -0.05) is 0 Å². The Morgan fingerprint density at radius 3 is 2.68 bits per heavy atom. The molecule has 0 aliphatic carbocycles. The molecule has 0 saturated carbocycles. The molecule has 1 aromatic rings. The fourth-order valence-corrected chi connectivity index (χ4v) is 3.29. The van der Waals surface area contributed by atoms with Gasteiger partial charge < -0.3 is 4.90 Å². The van der Waals surface area contributed by atoms with Crippen molar-refractivity contribution in [3.63, 3.8) is 0 Å². The lowest BCUT2D eigenvalue weighted by molar-refractivity contribution is 0.248. The lowest BCUT2D eigenvalue weighted by atomic mass is 10.1. The van der Waals surface area contributed by atoms with Crippen LogP contribution in [0.2, 0.25) is 0 Å². The maximum Gasteiger partial charge on any atom is 0.276 e. The first kappa shape index (κ1) is 16.9. The molecule has 0 spiro atoms. The summed E-state index contributed by atoms with van der Waals surface area (Å²) < 4.78 is 25.5. The normalized spacial score (nSPS) is 20.3. The number of nitrogens with zero attached hydrogens (tertiary/aromatic N) is 4. The zero-order chi connectivity index (χ0) is 16.5. The molecule has 2 N–H and O–H groups in total. The standard InChI is InChI=1S/C13H23N5O3S/c1-10(2)16(3)12-7-13(19)18(15-8-12)11-5-4-6-17(9-11)22(14,20)21/h7-8,10-11H,4-6,9H2,1-3H3,(H2,14,20,21). The quantitative estimate of drug-likeness (QED) is 0.833. The van der Waals surface area contributed by atoms with E-state index in [-0.39, 0.29) is 24.2 Å². The second-order valence-corrected chi connectivity index (χ2v) is 7.45.